The standard InChI is InChI=1S/C22H27ClN4O2S/c1-22(2,3)20-18-19(13-5-7-14(23)8-6-13)30-12-17(29)27(21(18)26(4)25-20)11-16(28)24-15-9-10-15/h5-8,15,19H,9-12H2,1-4H3,(H,24,28). The van der Waals surface area contributed by atoms with E-state index in [0.717, 1.165) is 29.7 Å². The maximum absolute atomic E-state index is 13.1. The molecule has 0 saturated heterocycles. The first-order chi connectivity index (χ1) is 14.1. The highest BCUT2D eigenvalue weighted by molar-refractivity contribution is 8.00. The number of hydrogen-bond donors (Lipinski definition) is 1. The Morgan fingerprint density at radius 1 is 1.27 bits per heavy atom. The lowest BCUT2D eigenvalue weighted by Crippen LogP contribution is -2.43. The molecular formula is C22H27ClN4O2S. The molecule has 6 nitrogen and oxygen atoms in total. The van der Waals surface area contributed by atoms with Gasteiger partial charge in [0.15, 0.2) is 0 Å². The zero-order valence-corrected chi connectivity index (χ0v) is 19.3. The summed E-state index contributed by atoms with van der Waals surface area (Å²) in [7, 11) is 1.85. The number of amides is 2. The van der Waals surface area contributed by atoms with E-state index in [4.69, 9.17) is 16.7 Å². The average Bonchev–Trinajstić information content (AvgIpc) is 3.42. The second-order valence-corrected chi connectivity index (χ2v) is 10.6. The molecule has 2 aromatic rings. The third kappa shape index (κ3) is 4.23. The minimum absolute atomic E-state index is 0.0132. The Kier molecular flexibility index (Phi) is 5.62. The van der Waals surface area contributed by atoms with Gasteiger partial charge in [-0.2, -0.15) is 5.10 Å². The number of nitrogens with one attached hydrogen (secondary N) is 1. The Morgan fingerprint density at radius 3 is 2.53 bits per heavy atom. The number of aryl methyl sites for hydroxylation is 1. The fourth-order valence-corrected chi connectivity index (χ4v) is 5.11. The summed E-state index contributed by atoms with van der Waals surface area (Å²) in [4.78, 5) is 27.3. The van der Waals surface area contributed by atoms with Crippen molar-refractivity contribution in [1.29, 1.82) is 0 Å². The molecule has 2 aliphatic rings. The normalized spacial score (nSPS) is 19.4. The van der Waals surface area contributed by atoms with Gasteiger partial charge in [0.25, 0.3) is 0 Å². The number of anilines is 1. The van der Waals surface area contributed by atoms with Gasteiger partial charge in [-0.3, -0.25) is 19.2 Å². The molecule has 1 unspecified atom stereocenters. The number of carbonyl (C=O) groups is 2. The van der Waals surface area contributed by atoms with E-state index in [9.17, 15) is 9.59 Å². The lowest BCUT2D eigenvalue weighted by molar-refractivity contribution is -0.123. The fourth-order valence-electron chi connectivity index (χ4n) is 3.79. The van der Waals surface area contributed by atoms with Crippen LogP contribution in [0.5, 0.6) is 0 Å². The number of halogens is 1. The van der Waals surface area contributed by atoms with E-state index in [2.05, 4.69) is 26.1 Å². The summed E-state index contributed by atoms with van der Waals surface area (Å²) in [5, 5.41) is 8.42. The molecule has 1 atom stereocenters. The van der Waals surface area contributed by atoms with Crippen LogP contribution >= 0.6 is 23.4 Å². The zero-order chi connectivity index (χ0) is 21.6. The number of benzene rings is 1. The average molecular weight is 447 g/mol. The highest BCUT2D eigenvalue weighted by Crippen LogP contribution is 2.47. The van der Waals surface area contributed by atoms with Gasteiger partial charge < -0.3 is 5.32 Å². The molecular weight excluding hydrogens is 420 g/mol. The van der Waals surface area contributed by atoms with Gasteiger partial charge in [0.2, 0.25) is 11.8 Å². The van der Waals surface area contributed by atoms with Crippen LogP contribution in [0.2, 0.25) is 5.02 Å². The molecule has 2 amide bonds. The summed E-state index contributed by atoms with van der Waals surface area (Å²) in [6, 6.07) is 8.01. The van der Waals surface area contributed by atoms with Crippen molar-refractivity contribution >= 4 is 41.0 Å². The second-order valence-electron chi connectivity index (χ2n) is 9.02. The summed E-state index contributed by atoms with van der Waals surface area (Å²) in [6.45, 7) is 6.38. The van der Waals surface area contributed by atoms with E-state index in [1.807, 2.05) is 31.3 Å². The van der Waals surface area contributed by atoms with Crippen LogP contribution < -0.4 is 10.2 Å². The second kappa shape index (κ2) is 7.93. The van der Waals surface area contributed by atoms with E-state index in [1.165, 1.54) is 0 Å². The predicted octanol–water partition coefficient (Wildman–Crippen LogP) is 3.82. The van der Waals surface area contributed by atoms with Gasteiger partial charge in [-0.05, 0) is 30.5 Å². The highest BCUT2D eigenvalue weighted by atomic mass is 35.5. The Balaban J connectivity index is 1.82. The van der Waals surface area contributed by atoms with Gasteiger partial charge >= 0.3 is 0 Å². The number of thioether (sulfide) groups is 1. The van der Waals surface area contributed by atoms with E-state index in [1.54, 1.807) is 21.3 Å². The summed E-state index contributed by atoms with van der Waals surface area (Å²) >= 11 is 7.69. The number of rotatable bonds is 4. The lowest BCUT2D eigenvalue weighted by Gasteiger charge is -2.24. The fraction of sp³-hybridized carbons (Fsp3) is 0.500. The van der Waals surface area contributed by atoms with Gasteiger partial charge in [0, 0.05) is 29.1 Å². The predicted molar refractivity (Wildman–Crippen MR) is 121 cm³/mol. The third-order valence-corrected chi connectivity index (χ3v) is 6.88. The largest absolute Gasteiger partial charge is 0.352 e. The van der Waals surface area contributed by atoms with Gasteiger partial charge in [-0.25, -0.2) is 0 Å². The summed E-state index contributed by atoms with van der Waals surface area (Å²) in [5.41, 5.74) is 2.80. The van der Waals surface area contributed by atoms with E-state index in [0.29, 0.717) is 16.6 Å². The molecule has 30 heavy (non-hydrogen) atoms. The highest BCUT2D eigenvalue weighted by Gasteiger charge is 2.39. The van der Waals surface area contributed by atoms with Crippen molar-refractivity contribution in [2.75, 3.05) is 17.2 Å². The molecule has 4 rings (SSSR count). The number of fused-ring (bicyclic) bond motifs is 1. The first-order valence-electron chi connectivity index (χ1n) is 10.2. The van der Waals surface area contributed by atoms with Gasteiger partial charge in [0.1, 0.15) is 12.4 Å². The van der Waals surface area contributed by atoms with Gasteiger partial charge in [-0.1, -0.05) is 44.5 Å². The smallest absolute Gasteiger partial charge is 0.240 e. The maximum Gasteiger partial charge on any atom is 0.240 e. The van der Waals surface area contributed by atoms with Gasteiger partial charge in [-0.15, -0.1) is 11.8 Å². The molecule has 1 N–H and O–H groups in total. The van der Waals surface area contributed by atoms with Crippen molar-refractivity contribution in [2.24, 2.45) is 7.05 Å². The third-order valence-electron chi connectivity index (χ3n) is 5.37. The lowest BCUT2D eigenvalue weighted by atomic mass is 9.87. The molecule has 8 heteroatoms. The zero-order valence-electron chi connectivity index (χ0n) is 17.7. The number of hydrogen-bond acceptors (Lipinski definition) is 4. The van der Waals surface area contributed by atoms with E-state index >= 15 is 0 Å². The molecule has 160 valence electrons. The molecule has 0 radical (unpaired) electrons. The van der Waals surface area contributed by atoms with Gasteiger partial charge in [0.05, 0.1) is 16.7 Å². The van der Waals surface area contributed by atoms with E-state index in [-0.39, 0.29) is 35.1 Å². The summed E-state index contributed by atoms with van der Waals surface area (Å²) in [5.74, 6) is 0.806. The van der Waals surface area contributed by atoms with Crippen LogP contribution in [0.1, 0.15) is 55.7 Å². The minimum Gasteiger partial charge on any atom is -0.352 e. The van der Waals surface area contributed by atoms with Crippen LogP contribution in [0.4, 0.5) is 5.82 Å². The molecule has 1 saturated carbocycles. The van der Waals surface area contributed by atoms with Crippen molar-refractivity contribution in [3.8, 4) is 0 Å². The van der Waals surface area contributed by atoms with Crippen LogP contribution in [-0.2, 0) is 22.1 Å². The van der Waals surface area contributed by atoms with Crippen molar-refractivity contribution < 1.29 is 9.59 Å². The van der Waals surface area contributed by atoms with E-state index < -0.39 is 0 Å². The molecule has 1 aromatic heterocycles. The minimum atomic E-state index is -0.216. The maximum atomic E-state index is 13.1. The number of nitrogens with zero attached hydrogens (tertiary/aromatic N) is 3. The molecule has 1 aliphatic carbocycles. The SMILES string of the molecule is Cn1nc(C(C)(C)C)c2c1N(CC(=O)NC1CC1)C(=O)CSC2c1ccc(Cl)cc1. The summed E-state index contributed by atoms with van der Waals surface area (Å²) in [6.07, 6.45) is 2.03. The molecule has 1 fully saturated rings. The number of carbonyl (C=O) groups excluding carboxylic acids is 2. The molecule has 2 heterocycles. The first-order valence-corrected chi connectivity index (χ1v) is 11.6. The van der Waals surface area contributed by atoms with Crippen molar-refractivity contribution in [1.82, 2.24) is 15.1 Å². The quantitative estimate of drug-likeness (QED) is 0.775. The Labute approximate surface area is 186 Å². The van der Waals surface area contributed by atoms with Crippen LogP contribution in [0.15, 0.2) is 24.3 Å². The van der Waals surface area contributed by atoms with Crippen molar-refractivity contribution in [3.05, 3.63) is 46.1 Å². The number of aromatic nitrogens is 2. The Bertz CT molecular complexity index is 976. The van der Waals surface area contributed by atoms with Crippen molar-refractivity contribution in [2.45, 2.75) is 50.3 Å². The van der Waals surface area contributed by atoms with Crippen LogP contribution in [0.3, 0.4) is 0 Å². The Morgan fingerprint density at radius 2 is 1.93 bits per heavy atom. The van der Waals surface area contributed by atoms with Crippen LogP contribution in [-0.4, -0.2) is 39.9 Å². The summed E-state index contributed by atoms with van der Waals surface area (Å²) < 4.78 is 1.76. The first kappa shape index (κ1) is 21.2. The molecule has 0 spiro atoms. The van der Waals surface area contributed by atoms with Crippen LogP contribution in [0.25, 0.3) is 0 Å². The van der Waals surface area contributed by atoms with Crippen molar-refractivity contribution in [3.63, 3.8) is 0 Å². The molecule has 0 bridgehead atoms. The van der Waals surface area contributed by atoms with Crippen LogP contribution in [0, 0.1) is 0 Å². The molecule has 1 aliphatic heterocycles. The monoisotopic (exact) mass is 446 g/mol. The molecule has 1 aromatic carbocycles. The Hall–Kier alpha value is -1.99. The topological polar surface area (TPSA) is 67.2 Å².